The Bertz CT molecular complexity index is 494. The average Bonchev–Trinajstić information content (AvgIpc) is 2.70. The quantitative estimate of drug-likeness (QED) is 0.655. The SMILES string of the molecule is Cc1ccc(CNC(=O)CC2C(=O)NNC2=O)cc1. The smallest absolute Gasteiger partial charge is 0.251 e. The van der Waals surface area contributed by atoms with Crippen LogP contribution in [0.5, 0.6) is 0 Å². The van der Waals surface area contributed by atoms with Crippen molar-refractivity contribution in [3.8, 4) is 0 Å². The molecule has 1 fully saturated rings. The van der Waals surface area contributed by atoms with E-state index in [1.165, 1.54) is 0 Å². The van der Waals surface area contributed by atoms with Gasteiger partial charge in [0.25, 0.3) is 11.8 Å². The average molecular weight is 261 g/mol. The maximum absolute atomic E-state index is 11.7. The monoisotopic (exact) mass is 261 g/mol. The Morgan fingerprint density at radius 3 is 2.32 bits per heavy atom. The zero-order valence-corrected chi connectivity index (χ0v) is 10.5. The second-order valence-corrected chi connectivity index (χ2v) is 4.50. The van der Waals surface area contributed by atoms with Crippen LogP contribution in [0.25, 0.3) is 0 Å². The molecule has 1 heterocycles. The second kappa shape index (κ2) is 5.51. The summed E-state index contributed by atoms with van der Waals surface area (Å²) in [5.41, 5.74) is 6.49. The summed E-state index contributed by atoms with van der Waals surface area (Å²) in [6.45, 7) is 2.37. The maximum Gasteiger partial charge on any atom is 0.251 e. The number of amides is 3. The molecular weight excluding hydrogens is 246 g/mol. The van der Waals surface area contributed by atoms with E-state index in [-0.39, 0.29) is 12.3 Å². The third-order valence-electron chi connectivity index (χ3n) is 2.94. The van der Waals surface area contributed by atoms with Gasteiger partial charge in [0.1, 0.15) is 5.92 Å². The molecule has 0 aromatic heterocycles. The van der Waals surface area contributed by atoms with E-state index in [1.807, 2.05) is 31.2 Å². The fourth-order valence-electron chi connectivity index (χ4n) is 1.77. The third-order valence-corrected chi connectivity index (χ3v) is 2.94. The molecule has 6 nitrogen and oxygen atoms in total. The van der Waals surface area contributed by atoms with Crippen LogP contribution >= 0.6 is 0 Å². The third kappa shape index (κ3) is 3.31. The minimum atomic E-state index is -0.932. The molecule has 1 saturated heterocycles. The molecule has 0 unspecified atom stereocenters. The first-order valence-electron chi connectivity index (χ1n) is 5.98. The Labute approximate surface area is 110 Å². The molecule has 1 aromatic carbocycles. The first-order chi connectivity index (χ1) is 9.06. The van der Waals surface area contributed by atoms with Gasteiger partial charge < -0.3 is 5.32 Å². The number of nitrogens with one attached hydrogen (secondary N) is 3. The minimum Gasteiger partial charge on any atom is -0.352 e. The van der Waals surface area contributed by atoms with Gasteiger partial charge in [-0.25, -0.2) is 0 Å². The molecule has 1 aliphatic rings. The van der Waals surface area contributed by atoms with Crippen LogP contribution in [-0.2, 0) is 20.9 Å². The van der Waals surface area contributed by atoms with E-state index in [2.05, 4.69) is 16.2 Å². The van der Waals surface area contributed by atoms with Crippen molar-refractivity contribution in [3.63, 3.8) is 0 Å². The number of aryl methyl sites for hydroxylation is 1. The molecule has 0 radical (unpaired) electrons. The van der Waals surface area contributed by atoms with Gasteiger partial charge in [-0.1, -0.05) is 29.8 Å². The summed E-state index contributed by atoms with van der Waals surface area (Å²) in [7, 11) is 0. The van der Waals surface area contributed by atoms with E-state index in [0.29, 0.717) is 6.54 Å². The summed E-state index contributed by atoms with van der Waals surface area (Å²) >= 11 is 0. The molecule has 2 rings (SSSR count). The lowest BCUT2D eigenvalue weighted by atomic mass is 10.1. The molecule has 6 heteroatoms. The summed E-state index contributed by atoms with van der Waals surface area (Å²) in [6.07, 6.45) is -0.135. The molecule has 3 amide bonds. The molecule has 1 aliphatic heterocycles. The summed E-state index contributed by atoms with van der Waals surface area (Å²) < 4.78 is 0. The number of carbonyl (C=O) groups excluding carboxylic acids is 3. The van der Waals surface area contributed by atoms with Gasteiger partial charge in [-0.2, -0.15) is 0 Å². The molecule has 0 atom stereocenters. The summed E-state index contributed by atoms with van der Waals surface area (Å²) in [5, 5.41) is 2.69. The van der Waals surface area contributed by atoms with E-state index < -0.39 is 17.7 Å². The molecule has 19 heavy (non-hydrogen) atoms. The van der Waals surface area contributed by atoms with Crippen LogP contribution in [0.2, 0.25) is 0 Å². The summed E-state index contributed by atoms with van der Waals surface area (Å²) in [6, 6.07) is 7.76. The Kier molecular flexibility index (Phi) is 3.79. The van der Waals surface area contributed by atoms with Crippen molar-refractivity contribution in [2.45, 2.75) is 19.9 Å². The Morgan fingerprint density at radius 1 is 1.16 bits per heavy atom. The summed E-state index contributed by atoms with van der Waals surface area (Å²) in [4.78, 5) is 34.2. The van der Waals surface area contributed by atoms with Gasteiger partial charge in [-0.15, -0.1) is 0 Å². The fraction of sp³-hybridized carbons (Fsp3) is 0.308. The highest BCUT2D eigenvalue weighted by Crippen LogP contribution is 2.08. The van der Waals surface area contributed by atoms with Crippen molar-refractivity contribution in [2.75, 3.05) is 0 Å². The van der Waals surface area contributed by atoms with Crippen LogP contribution in [0.15, 0.2) is 24.3 Å². The van der Waals surface area contributed by atoms with E-state index in [4.69, 9.17) is 0 Å². The van der Waals surface area contributed by atoms with Gasteiger partial charge in [-0.05, 0) is 12.5 Å². The van der Waals surface area contributed by atoms with Gasteiger partial charge in [-0.3, -0.25) is 25.2 Å². The lowest BCUT2D eigenvalue weighted by molar-refractivity contribution is -0.133. The highest BCUT2D eigenvalue weighted by molar-refractivity contribution is 6.07. The molecule has 0 saturated carbocycles. The molecular formula is C13H15N3O3. The largest absolute Gasteiger partial charge is 0.352 e. The topological polar surface area (TPSA) is 87.3 Å². The standard InChI is InChI=1S/C13H15N3O3/c1-8-2-4-9(5-3-8)7-14-11(17)6-10-12(18)15-16-13(10)19/h2-5,10H,6-7H2,1H3,(H,14,17)(H,15,18)(H,16,19). The van der Waals surface area contributed by atoms with Crippen molar-refractivity contribution >= 4 is 17.7 Å². The molecule has 100 valence electrons. The predicted octanol–water partition coefficient (Wildman–Crippen LogP) is -0.221. The highest BCUT2D eigenvalue weighted by atomic mass is 16.2. The van der Waals surface area contributed by atoms with Gasteiger partial charge in [0.05, 0.1) is 0 Å². The number of carbonyl (C=O) groups is 3. The number of hydrazine groups is 1. The molecule has 0 aliphatic carbocycles. The first-order valence-corrected chi connectivity index (χ1v) is 5.98. The van der Waals surface area contributed by atoms with Crippen LogP contribution in [0.3, 0.4) is 0 Å². The van der Waals surface area contributed by atoms with Crippen LogP contribution in [-0.4, -0.2) is 17.7 Å². The van der Waals surface area contributed by atoms with Crippen LogP contribution in [0, 0.1) is 12.8 Å². The van der Waals surface area contributed by atoms with Gasteiger partial charge in [0.15, 0.2) is 0 Å². The first kappa shape index (κ1) is 13.1. The van der Waals surface area contributed by atoms with Gasteiger partial charge in [0, 0.05) is 13.0 Å². The Balaban J connectivity index is 1.83. The number of rotatable bonds is 4. The fourth-order valence-corrected chi connectivity index (χ4v) is 1.77. The van der Waals surface area contributed by atoms with Crippen LogP contribution in [0.4, 0.5) is 0 Å². The molecule has 0 spiro atoms. The number of hydrogen-bond acceptors (Lipinski definition) is 3. The zero-order valence-electron chi connectivity index (χ0n) is 10.5. The lowest BCUT2D eigenvalue weighted by Crippen LogP contribution is -2.30. The van der Waals surface area contributed by atoms with Crippen molar-refractivity contribution in [3.05, 3.63) is 35.4 Å². The van der Waals surface area contributed by atoms with Crippen LogP contribution < -0.4 is 16.2 Å². The number of benzene rings is 1. The lowest BCUT2D eigenvalue weighted by Gasteiger charge is -2.07. The summed E-state index contributed by atoms with van der Waals surface area (Å²) in [5.74, 6) is -2.18. The van der Waals surface area contributed by atoms with Gasteiger partial charge in [0.2, 0.25) is 5.91 Å². The van der Waals surface area contributed by atoms with E-state index in [9.17, 15) is 14.4 Å². The zero-order chi connectivity index (χ0) is 13.8. The van der Waals surface area contributed by atoms with E-state index >= 15 is 0 Å². The Morgan fingerprint density at radius 2 is 1.74 bits per heavy atom. The second-order valence-electron chi connectivity index (χ2n) is 4.50. The van der Waals surface area contributed by atoms with E-state index in [1.54, 1.807) is 0 Å². The van der Waals surface area contributed by atoms with E-state index in [0.717, 1.165) is 11.1 Å². The molecule has 1 aromatic rings. The minimum absolute atomic E-state index is 0.135. The van der Waals surface area contributed by atoms with Crippen LogP contribution in [0.1, 0.15) is 17.5 Å². The number of hydrogen-bond donors (Lipinski definition) is 3. The van der Waals surface area contributed by atoms with Crippen molar-refractivity contribution in [1.82, 2.24) is 16.2 Å². The van der Waals surface area contributed by atoms with Crippen molar-refractivity contribution in [2.24, 2.45) is 5.92 Å². The normalized spacial score (nSPS) is 15.0. The Hall–Kier alpha value is -2.37. The molecule has 3 N–H and O–H groups in total. The van der Waals surface area contributed by atoms with Crippen molar-refractivity contribution in [1.29, 1.82) is 0 Å². The maximum atomic E-state index is 11.7. The molecule has 0 bridgehead atoms. The highest BCUT2D eigenvalue weighted by Gasteiger charge is 2.34. The van der Waals surface area contributed by atoms with Crippen molar-refractivity contribution < 1.29 is 14.4 Å². The van der Waals surface area contributed by atoms with Gasteiger partial charge >= 0.3 is 0 Å². The predicted molar refractivity (Wildman–Crippen MR) is 67.4 cm³/mol.